The minimum Gasteiger partial charge on any atom is -0.372 e. The third kappa shape index (κ3) is 2.97. The van der Waals surface area contributed by atoms with Gasteiger partial charge in [-0.25, -0.2) is 0 Å². The van der Waals surface area contributed by atoms with Crippen molar-refractivity contribution in [3.63, 3.8) is 0 Å². The maximum Gasteiger partial charge on any atom is 0.101 e. The second kappa shape index (κ2) is 5.38. The van der Waals surface area contributed by atoms with Crippen LogP contribution in [0.3, 0.4) is 0 Å². The summed E-state index contributed by atoms with van der Waals surface area (Å²) in [6, 6.07) is 9.70. The van der Waals surface area contributed by atoms with E-state index >= 15 is 0 Å². The van der Waals surface area contributed by atoms with Gasteiger partial charge in [0.15, 0.2) is 0 Å². The van der Waals surface area contributed by atoms with Crippen molar-refractivity contribution in [1.29, 1.82) is 10.5 Å². The number of anilines is 1. The van der Waals surface area contributed by atoms with Gasteiger partial charge in [0.2, 0.25) is 0 Å². The Labute approximate surface area is 97.7 Å². The summed E-state index contributed by atoms with van der Waals surface area (Å²) in [6.07, 6.45) is 0.452. The molecule has 1 rings (SSSR count). The minimum atomic E-state index is 0.452. The van der Waals surface area contributed by atoms with Crippen molar-refractivity contribution in [2.75, 3.05) is 18.5 Å². The van der Waals surface area contributed by atoms with Gasteiger partial charge < -0.3 is 4.90 Å². The summed E-state index contributed by atoms with van der Waals surface area (Å²) in [5.74, 6) is 0. The summed E-state index contributed by atoms with van der Waals surface area (Å²) in [5, 5.41) is 17.4. The molecule has 0 aliphatic rings. The first-order valence-electron chi connectivity index (χ1n) is 4.46. The van der Waals surface area contributed by atoms with Crippen molar-refractivity contribution in [1.82, 2.24) is 0 Å². The molecule has 0 aliphatic heterocycles. The zero-order chi connectivity index (χ0) is 11.3. The van der Waals surface area contributed by atoms with Gasteiger partial charge in [0.1, 0.15) is 6.07 Å². The molecule has 15 heavy (non-hydrogen) atoms. The Kier molecular flexibility index (Phi) is 4.15. The van der Waals surface area contributed by atoms with Gasteiger partial charge in [-0.3, -0.25) is 0 Å². The average Bonchev–Trinajstić information content (AvgIpc) is 2.25. The van der Waals surface area contributed by atoms with Crippen molar-refractivity contribution < 1.29 is 0 Å². The van der Waals surface area contributed by atoms with Crippen LogP contribution in [0, 0.1) is 22.7 Å². The van der Waals surface area contributed by atoms with Crippen LogP contribution < -0.4 is 4.90 Å². The first-order valence-corrected chi connectivity index (χ1v) is 5.26. The Morgan fingerprint density at radius 2 is 2.13 bits per heavy atom. The molecule has 76 valence electrons. The van der Waals surface area contributed by atoms with Crippen LogP contribution in [-0.4, -0.2) is 13.6 Å². The molecule has 0 spiro atoms. The monoisotopic (exact) mass is 263 g/mol. The van der Waals surface area contributed by atoms with Crippen molar-refractivity contribution in [2.24, 2.45) is 0 Å². The standard InChI is InChI=1S/C11H10BrN3/c1-15(6-2-5-13)11-7-10(12)4-3-9(11)8-14/h3-4,7H,2,6H2,1H3. The van der Waals surface area contributed by atoms with Gasteiger partial charge in [-0.05, 0) is 18.2 Å². The van der Waals surface area contributed by atoms with Crippen LogP contribution in [-0.2, 0) is 0 Å². The molecule has 0 amide bonds. The van der Waals surface area contributed by atoms with Crippen LogP contribution in [0.1, 0.15) is 12.0 Å². The fourth-order valence-corrected chi connectivity index (χ4v) is 1.60. The van der Waals surface area contributed by atoms with E-state index in [1.807, 2.05) is 24.1 Å². The van der Waals surface area contributed by atoms with E-state index in [1.54, 1.807) is 6.07 Å². The number of hydrogen-bond acceptors (Lipinski definition) is 3. The number of hydrogen-bond donors (Lipinski definition) is 0. The van der Waals surface area contributed by atoms with Gasteiger partial charge in [-0.1, -0.05) is 15.9 Å². The average molecular weight is 264 g/mol. The maximum absolute atomic E-state index is 8.93. The Balaban J connectivity index is 2.97. The topological polar surface area (TPSA) is 50.8 Å². The highest BCUT2D eigenvalue weighted by atomic mass is 79.9. The zero-order valence-corrected chi connectivity index (χ0v) is 9.95. The van der Waals surface area contributed by atoms with Crippen molar-refractivity contribution in [2.45, 2.75) is 6.42 Å². The molecule has 4 heteroatoms. The summed E-state index contributed by atoms with van der Waals surface area (Å²) in [6.45, 7) is 0.627. The maximum atomic E-state index is 8.93. The van der Waals surface area contributed by atoms with E-state index in [0.29, 0.717) is 18.5 Å². The lowest BCUT2D eigenvalue weighted by molar-refractivity contribution is 0.903. The summed E-state index contributed by atoms with van der Waals surface area (Å²) >= 11 is 3.36. The van der Waals surface area contributed by atoms with Crippen LogP contribution >= 0.6 is 15.9 Å². The Bertz CT molecular complexity index is 428. The van der Waals surface area contributed by atoms with Gasteiger partial charge in [0, 0.05) is 18.1 Å². The van der Waals surface area contributed by atoms with E-state index in [2.05, 4.69) is 28.1 Å². The molecule has 1 aromatic rings. The molecule has 0 fully saturated rings. The third-order valence-corrected chi connectivity index (χ3v) is 2.54. The van der Waals surface area contributed by atoms with E-state index in [1.165, 1.54) is 0 Å². The van der Waals surface area contributed by atoms with E-state index in [0.717, 1.165) is 10.2 Å². The SMILES string of the molecule is CN(CCC#N)c1cc(Br)ccc1C#N. The molecule has 0 atom stereocenters. The Hall–Kier alpha value is -1.52. The predicted octanol–water partition coefficient (Wildman–Crippen LogP) is 2.67. The molecule has 0 aliphatic carbocycles. The van der Waals surface area contributed by atoms with E-state index in [9.17, 15) is 0 Å². The molecule has 0 aromatic heterocycles. The number of nitrogens with zero attached hydrogens (tertiary/aromatic N) is 3. The molecular weight excluding hydrogens is 254 g/mol. The first-order chi connectivity index (χ1) is 7.19. The molecule has 1 aromatic carbocycles. The lowest BCUT2D eigenvalue weighted by atomic mass is 10.2. The number of halogens is 1. The summed E-state index contributed by atoms with van der Waals surface area (Å²) in [7, 11) is 1.87. The van der Waals surface area contributed by atoms with E-state index < -0.39 is 0 Å². The quantitative estimate of drug-likeness (QED) is 0.843. The summed E-state index contributed by atoms with van der Waals surface area (Å²) in [4.78, 5) is 1.91. The fraction of sp³-hybridized carbons (Fsp3) is 0.273. The third-order valence-electron chi connectivity index (χ3n) is 2.05. The van der Waals surface area contributed by atoms with Crippen LogP contribution in [0.4, 0.5) is 5.69 Å². The normalized spacial score (nSPS) is 9.07. The molecule has 0 bridgehead atoms. The lowest BCUT2D eigenvalue weighted by Gasteiger charge is -2.19. The van der Waals surface area contributed by atoms with Crippen LogP contribution in [0.5, 0.6) is 0 Å². The van der Waals surface area contributed by atoms with Crippen molar-refractivity contribution in [3.05, 3.63) is 28.2 Å². The van der Waals surface area contributed by atoms with E-state index in [-0.39, 0.29) is 0 Å². The van der Waals surface area contributed by atoms with Gasteiger partial charge in [0.05, 0.1) is 23.7 Å². The van der Waals surface area contributed by atoms with Gasteiger partial charge in [0.25, 0.3) is 0 Å². The molecule has 0 N–H and O–H groups in total. The fourth-order valence-electron chi connectivity index (χ4n) is 1.25. The van der Waals surface area contributed by atoms with Gasteiger partial charge >= 0.3 is 0 Å². The summed E-state index contributed by atoms with van der Waals surface area (Å²) < 4.78 is 0.931. The highest BCUT2D eigenvalue weighted by molar-refractivity contribution is 9.10. The van der Waals surface area contributed by atoms with Crippen LogP contribution in [0.2, 0.25) is 0 Å². The highest BCUT2D eigenvalue weighted by Gasteiger charge is 2.07. The van der Waals surface area contributed by atoms with Crippen LogP contribution in [0.15, 0.2) is 22.7 Å². The first kappa shape index (κ1) is 11.6. The Morgan fingerprint density at radius 3 is 2.73 bits per heavy atom. The molecule has 0 unspecified atom stereocenters. The molecule has 0 saturated heterocycles. The molecule has 0 heterocycles. The van der Waals surface area contributed by atoms with Crippen molar-refractivity contribution >= 4 is 21.6 Å². The van der Waals surface area contributed by atoms with Crippen LogP contribution in [0.25, 0.3) is 0 Å². The van der Waals surface area contributed by atoms with E-state index in [4.69, 9.17) is 10.5 Å². The molecular formula is C11H10BrN3. The second-order valence-corrected chi connectivity index (χ2v) is 4.02. The molecule has 3 nitrogen and oxygen atoms in total. The minimum absolute atomic E-state index is 0.452. The predicted molar refractivity (Wildman–Crippen MR) is 62.4 cm³/mol. The zero-order valence-electron chi connectivity index (χ0n) is 8.37. The Morgan fingerprint density at radius 1 is 1.40 bits per heavy atom. The van der Waals surface area contributed by atoms with Crippen molar-refractivity contribution in [3.8, 4) is 12.1 Å². The molecule has 0 saturated carbocycles. The smallest absolute Gasteiger partial charge is 0.101 e. The summed E-state index contributed by atoms with van der Waals surface area (Å²) in [5.41, 5.74) is 1.47. The molecule has 0 radical (unpaired) electrons. The van der Waals surface area contributed by atoms with Gasteiger partial charge in [-0.15, -0.1) is 0 Å². The lowest BCUT2D eigenvalue weighted by Crippen LogP contribution is -2.19. The number of benzene rings is 1. The highest BCUT2D eigenvalue weighted by Crippen LogP contribution is 2.23. The van der Waals surface area contributed by atoms with Gasteiger partial charge in [-0.2, -0.15) is 10.5 Å². The largest absolute Gasteiger partial charge is 0.372 e. The second-order valence-electron chi connectivity index (χ2n) is 3.10. The number of rotatable bonds is 3. The number of nitriles is 2.